The van der Waals surface area contributed by atoms with E-state index in [1.54, 1.807) is 24.3 Å². The van der Waals surface area contributed by atoms with Crippen molar-refractivity contribution in [3.63, 3.8) is 0 Å². The Balaban J connectivity index is 2.55. The SMILES string of the molecule is CCN(CCO)COc1ccc(C(=O)NC(C)C(=O)O)cc1. The summed E-state index contributed by atoms with van der Waals surface area (Å²) in [5.41, 5.74) is 0.364. The summed E-state index contributed by atoms with van der Waals surface area (Å²) in [6.45, 7) is 5.07. The van der Waals surface area contributed by atoms with Crippen molar-refractivity contribution in [3.05, 3.63) is 29.8 Å². The van der Waals surface area contributed by atoms with Crippen LogP contribution in [0.4, 0.5) is 0 Å². The van der Waals surface area contributed by atoms with E-state index in [-0.39, 0.29) is 6.61 Å². The van der Waals surface area contributed by atoms with Crippen LogP contribution in [0.15, 0.2) is 24.3 Å². The van der Waals surface area contributed by atoms with Crippen molar-refractivity contribution in [2.45, 2.75) is 19.9 Å². The maximum Gasteiger partial charge on any atom is 0.325 e. The van der Waals surface area contributed by atoms with Crippen LogP contribution in [-0.2, 0) is 4.79 Å². The molecule has 1 amide bonds. The molecule has 22 heavy (non-hydrogen) atoms. The molecule has 1 aromatic carbocycles. The lowest BCUT2D eigenvalue weighted by Gasteiger charge is -2.19. The number of benzene rings is 1. The standard InChI is InChI=1S/C15H22N2O5/c1-3-17(8-9-18)10-22-13-6-4-12(5-7-13)14(19)16-11(2)15(20)21/h4-7,11,18H,3,8-10H2,1-2H3,(H,16,19)(H,20,21). The second kappa shape index (κ2) is 9.01. The number of rotatable bonds is 9. The second-order valence-corrected chi connectivity index (χ2v) is 4.77. The third-order valence-corrected chi connectivity index (χ3v) is 3.11. The highest BCUT2D eigenvalue weighted by atomic mass is 16.5. The molecule has 0 spiro atoms. The largest absolute Gasteiger partial charge is 0.480 e. The van der Waals surface area contributed by atoms with Crippen LogP contribution in [0.1, 0.15) is 24.2 Å². The number of carboxylic acid groups (broad SMARTS) is 1. The van der Waals surface area contributed by atoms with E-state index in [2.05, 4.69) is 5.32 Å². The van der Waals surface area contributed by atoms with Gasteiger partial charge in [0.05, 0.1) is 6.61 Å². The van der Waals surface area contributed by atoms with E-state index in [4.69, 9.17) is 14.9 Å². The van der Waals surface area contributed by atoms with Crippen molar-refractivity contribution in [3.8, 4) is 5.75 Å². The second-order valence-electron chi connectivity index (χ2n) is 4.77. The number of aliphatic hydroxyl groups excluding tert-OH is 1. The third-order valence-electron chi connectivity index (χ3n) is 3.11. The number of aliphatic hydroxyl groups is 1. The number of likely N-dealkylation sites (N-methyl/N-ethyl adjacent to an activating group) is 1. The Morgan fingerprint density at radius 2 is 1.95 bits per heavy atom. The normalized spacial score (nSPS) is 12.0. The summed E-state index contributed by atoms with van der Waals surface area (Å²) in [4.78, 5) is 24.4. The minimum absolute atomic E-state index is 0.0675. The molecule has 0 aromatic heterocycles. The highest BCUT2D eigenvalue weighted by molar-refractivity contribution is 5.96. The topological polar surface area (TPSA) is 99.1 Å². The van der Waals surface area contributed by atoms with Gasteiger partial charge in [0.1, 0.15) is 18.5 Å². The van der Waals surface area contributed by atoms with E-state index in [0.717, 1.165) is 6.54 Å². The fourth-order valence-electron chi connectivity index (χ4n) is 1.67. The number of nitrogens with zero attached hydrogens (tertiary/aromatic N) is 1. The van der Waals surface area contributed by atoms with Gasteiger partial charge in [0.15, 0.2) is 0 Å². The Morgan fingerprint density at radius 3 is 2.45 bits per heavy atom. The average Bonchev–Trinajstić information content (AvgIpc) is 2.51. The highest BCUT2D eigenvalue weighted by Gasteiger charge is 2.15. The molecule has 0 aliphatic carbocycles. The van der Waals surface area contributed by atoms with Crippen molar-refractivity contribution in [2.24, 2.45) is 0 Å². The number of hydrogen-bond acceptors (Lipinski definition) is 5. The molecule has 0 aliphatic rings. The van der Waals surface area contributed by atoms with Gasteiger partial charge in [-0.1, -0.05) is 6.92 Å². The van der Waals surface area contributed by atoms with Crippen LogP contribution in [0.2, 0.25) is 0 Å². The Hall–Kier alpha value is -2.12. The van der Waals surface area contributed by atoms with Crippen molar-refractivity contribution >= 4 is 11.9 Å². The molecule has 0 bridgehead atoms. The lowest BCUT2D eigenvalue weighted by molar-refractivity contribution is -0.138. The minimum atomic E-state index is -1.09. The number of nitrogens with one attached hydrogen (secondary N) is 1. The number of hydrogen-bond donors (Lipinski definition) is 3. The van der Waals surface area contributed by atoms with E-state index in [0.29, 0.717) is 24.6 Å². The zero-order valence-electron chi connectivity index (χ0n) is 12.8. The van der Waals surface area contributed by atoms with E-state index in [9.17, 15) is 9.59 Å². The molecule has 0 aliphatic heterocycles. The summed E-state index contributed by atoms with van der Waals surface area (Å²) in [5.74, 6) is -0.937. The van der Waals surface area contributed by atoms with Crippen LogP contribution < -0.4 is 10.1 Å². The Bertz CT molecular complexity index is 489. The predicted octanol–water partition coefficient (Wildman–Crippen LogP) is 0.540. The predicted molar refractivity (Wildman–Crippen MR) is 80.8 cm³/mol. The van der Waals surface area contributed by atoms with Gasteiger partial charge in [0.25, 0.3) is 5.91 Å². The van der Waals surface area contributed by atoms with Crippen LogP contribution >= 0.6 is 0 Å². The molecule has 1 rings (SSSR count). The Labute approximate surface area is 129 Å². The lowest BCUT2D eigenvalue weighted by atomic mass is 10.2. The number of carbonyl (C=O) groups excluding carboxylic acids is 1. The van der Waals surface area contributed by atoms with Crippen LogP contribution in [0.5, 0.6) is 5.75 Å². The van der Waals surface area contributed by atoms with Gasteiger partial charge in [0.2, 0.25) is 0 Å². The molecule has 7 nitrogen and oxygen atoms in total. The lowest BCUT2D eigenvalue weighted by Crippen LogP contribution is -2.38. The molecule has 1 aromatic rings. The maximum atomic E-state index is 11.8. The number of aliphatic carboxylic acids is 1. The highest BCUT2D eigenvalue weighted by Crippen LogP contribution is 2.12. The van der Waals surface area contributed by atoms with Gasteiger partial charge in [-0.15, -0.1) is 0 Å². The Kier molecular flexibility index (Phi) is 7.34. The maximum absolute atomic E-state index is 11.8. The summed E-state index contributed by atoms with van der Waals surface area (Å²) < 4.78 is 5.55. The van der Waals surface area contributed by atoms with Gasteiger partial charge in [-0.25, -0.2) is 0 Å². The molecule has 0 heterocycles. The van der Waals surface area contributed by atoms with E-state index >= 15 is 0 Å². The number of amides is 1. The number of carbonyl (C=O) groups is 2. The smallest absolute Gasteiger partial charge is 0.325 e. The molecule has 1 atom stereocenters. The first-order chi connectivity index (χ1) is 10.5. The quantitative estimate of drug-likeness (QED) is 0.576. The summed E-state index contributed by atoms with van der Waals surface area (Å²) >= 11 is 0. The molecule has 0 radical (unpaired) electrons. The first kappa shape index (κ1) is 17.9. The fourth-order valence-corrected chi connectivity index (χ4v) is 1.67. The zero-order valence-corrected chi connectivity index (χ0v) is 12.8. The molecule has 1 unspecified atom stereocenters. The van der Waals surface area contributed by atoms with Gasteiger partial charge < -0.3 is 20.3 Å². The zero-order chi connectivity index (χ0) is 16.5. The van der Waals surface area contributed by atoms with Crippen LogP contribution in [-0.4, -0.2) is 59.5 Å². The van der Waals surface area contributed by atoms with Crippen molar-refractivity contribution < 1.29 is 24.5 Å². The molecule has 0 saturated carbocycles. The molecule has 122 valence electrons. The first-order valence-electron chi connectivity index (χ1n) is 7.07. The monoisotopic (exact) mass is 310 g/mol. The van der Waals surface area contributed by atoms with E-state index < -0.39 is 17.9 Å². The summed E-state index contributed by atoms with van der Waals surface area (Å²) in [7, 11) is 0. The van der Waals surface area contributed by atoms with Crippen LogP contribution in [0.3, 0.4) is 0 Å². The average molecular weight is 310 g/mol. The van der Waals surface area contributed by atoms with Gasteiger partial charge in [-0.2, -0.15) is 0 Å². The van der Waals surface area contributed by atoms with Crippen LogP contribution in [0.25, 0.3) is 0 Å². The Morgan fingerprint density at radius 1 is 1.32 bits per heavy atom. The van der Waals surface area contributed by atoms with Gasteiger partial charge in [-0.05, 0) is 37.7 Å². The summed E-state index contributed by atoms with van der Waals surface area (Å²) in [6, 6.07) is 5.49. The van der Waals surface area contributed by atoms with E-state index in [1.807, 2.05) is 11.8 Å². The van der Waals surface area contributed by atoms with Crippen molar-refractivity contribution in [2.75, 3.05) is 26.4 Å². The molecule has 0 fully saturated rings. The molecular weight excluding hydrogens is 288 g/mol. The minimum Gasteiger partial charge on any atom is -0.480 e. The number of ether oxygens (including phenoxy) is 1. The van der Waals surface area contributed by atoms with Gasteiger partial charge in [0, 0.05) is 12.1 Å². The molecule has 0 saturated heterocycles. The molecular formula is C15H22N2O5. The number of carboxylic acids is 1. The fraction of sp³-hybridized carbons (Fsp3) is 0.467. The van der Waals surface area contributed by atoms with E-state index in [1.165, 1.54) is 6.92 Å². The molecule has 7 heteroatoms. The first-order valence-corrected chi connectivity index (χ1v) is 7.07. The van der Waals surface area contributed by atoms with Gasteiger partial charge >= 0.3 is 5.97 Å². The summed E-state index contributed by atoms with van der Waals surface area (Å²) in [6.07, 6.45) is 0. The van der Waals surface area contributed by atoms with Gasteiger partial charge in [-0.3, -0.25) is 14.5 Å². The third kappa shape index (κ3) is 5.71. The molecule has 3 N–H and O–H groups in total. The van der Waals surface area contributed by atoms with Crippen LogP contribution in [0, 0.1) is 0 Å². The summed E-state index contributed by atoms with van der Waals surface area (Å²) in [5, 5.41) is 20.0. The van der Waals surface area contributed by atoms with Crippen molar-refractivity contribution in [1.29, 1.82) is 0 Å². The van der Waals surface area contributed by atoms with Crippen molar-refractivity contribution in [1.82, 2.24) is 10.2 Å².